The van der Waals surface area contributed by atoms with E-state index >= 15 is 0 Å². The summed E-state index contributed by atoms with van der Waals surface area (Å²) in [6, 6.07) is 0. The van der Waals surface area contributed by atoms with Gasteiger partial charge < -0.3 is 30.3 Å². The van der Waals surface area contributed by atoms with Crippen LogP contribution >= 0.6 is 24.8 Å². The second-order valence-electron chi connectivity index (χ2n) is 17.1. The highest BCUT2D eigenvalue weighted by atomic mass is 35.5. The molecule has 0 aromatic carbocycles. The molecule has 274 valence electrons. The number of rotatable bonds is 0. The van der Waals surface area contributed by atoms with Gasteiger partial charge in [0.25, 0.3) is 0 Å². The number of piperidine rings is 3. The second-order valence-corrected chi connectivity index (χ2v) is 17.1. The summed E-state index contributed by atoms with van der Waals surface area (Å²) in [6.45, 7) is 45.2. The van der Waals surface area contributed by atoms with Gasteiger partial charge >= 0.3 is 0 Å². The molecule has 0 aromatic heterocycles. The van der Waals surface area contributed by atoms with Crippen molar-refractivity contribution in [1.82, 2.24) is 16.0 Å². The van der Waals surface area contributed by atoms with Crippen LogP contribution in [0, 0.1) is 70.0 Å². The molecule has 0 radical (unpaired) electrons. The molecule has 0 spiro atoms. The fraction of sp³-hybridized carbons (Fsp3) is 0.692. The summed E-state index contributed by atoms with van der Waals surface area (Å²) in [4.78, 5) is 46.7. The lowest BCUT2D eigenvalue weighted by Crippen LogP contribution is -2.54. The van der Waals surface area contributed by atoms with Gasteiger partial charge in [0.05, 0.1) is 19.7 Å². The number of fused-ring (bicyclic) bond motifs is 3. The maximum Gasteiger partial charge on any atom is 0.226 e. The van der Waals surface area contributed by atoms with E-state index in [4.69, 9.17) is 19.7 Å². The molecule has 0 aromatic rings. The number of carbonyl (C=O) groups is 3. The SMILES string of the molecule is Cl.Cl.[C-]#[N+]C1=C[C@@]2(C)CNCC[C@@H]2C(C)(C)C1=O.[C-]#[N+]C1=C[C@]2(C)CNCC[C@H]2C(C)(C)C1=O.[C-]#[N+]C1=C[C@]2(C)CNCC[C@H]2C(C)(C)C1=O. The molecular formula is C39H56Cl2N6O3. The molecule has 11 heteroatoms. The predicted molar refractivity (Wildman–Crippen MR) is 202 cm³/mol. The van der Waals surface area contributed by atoms with Crippen LogP contribution in [-0.2, 0) is 14.4 Å². The number of halogens is 2. The van der Waals surface area contributed by atoms with E-state index in [0.717, 1.165) is 58.5 Å². The van der Waals surface area contributed by atoms with Gasteiger partial charge in [-0.15, -0.1) is 24.8 Å². The maximum absolute atomic E-state index is 12.2. The van der Waals surface area contributed by atoms with Gasteiger partial charge in [-0.2, -0.15) is 0 Å². The Bertz CT molecular complexity index is 1410. The van der Waals surface area contributed by atoms with E-state index in [2.05, 4.69) is 51.3 Å². The predicted octanol–water partition coefficient (Wildman–Crippen LogP) is 6.89. The average molecular weight is 728 g/mol. The number of nitrogens with one attached hydrogen (secondary N) is 3. The number of Topliss-reactive ketones (excluding diaryl/α,β-unsaturated/α-hetero) is 3. The first kappa shape index (κ1) is 43.3. The Morgan fingerprint density at radius 1 is 0.500 bits per heavy atom. The van der Waals surface area contributed by atoms with Crippen LogP contribution < -0.4 is 16.0 Å². The summed E-state index contributed by atoms with van der Waals surface area (Å²) in [5.74, 6) is 1.10. The first-order valence-corrected chi connectivity index (χ1v) is 17.3. The van der Waals surface area contributed by atoms with Crippen LogP contribution in [0.4, 0.5) is 0 Å². The molecule has 0 unspecified atom stereocenters. The van der Waals surface area contributed by atoms with Crippen LogP contribution in [0.1, 0.15) is 81.6 Å². The fourth-order valence-electron chi connectivity index (χ4n) is 10.0. The summed E-state index contributed by atoms with van der Waals surface area (Å²) in [5, 5.41) is 10.1. The zero-order valence-corrected chi connectivity index (χ0v) is 32.8. The fourth-order valence-corrected chi connectivity index (χ4v) is 10.0. The van der Waals surface area contributed by atoms with Gasteiger partial charge in [0.2, 0.25) is 17.1 Å². The van der Waals surface area contributed by atoms with Crippen LogP contribution in [0.15, 0.2) is 35.3 Å². The van der Waals surface area contributed by atoms with Gasteiger partial charge in [-0.05, 0) is 72.9 Å². The van der Waals surface area contributed by atoms with Crippen molar-refractivity contribution in [2.45, 2.75) is 81.6 Å². The van der Waals surface area contributed by atoms with E-state index in [-0.39, 0.29) is 58.4 Å². The first-order valence-electron chi connectivity index (χ1n) is 17.3. The Morgan fingerprint density at radius 2 is 0.720 bits per heavy atom. The van der Waals surface area contributed by atoms with Crippen molar-refractivity contribution in [1.29, 1.82) is 0 Å². The highest BCUT2D eigenvalue weighted by Crippen LogP contribution is 2.53. The molecule has 3 aliphatic carbocycles. The van der Waals surface area contributed by atoms with Gasteiger partial charge in [-0.25, -0.2) is 14.5 Å². The lowest BCUT2D eigenvalue weighted by atomic mass is 9.56. The van der Waals surface area contributed by atoms with Crippen LogP contribution in [0.2, 0.25) is 0 Å². The van der Waals surface area contributed by atoms with E-state index in [1.165, 1.54) is 0 Å². The van der Waals surface area contributed by atoms with Gasteiger partial charge in [0.1, 0.15) is 0 Å². The average Bonchev–Trinajstić information content (AvgIpc) is 3.03. The standard InChI is InChI=1S/3C13H18N2O.2ClH/c3*1-12(2)10-5-6-15-8-13(10,3)7-9(14-4)11(12)16;;/h3*7,10,15H,5-6,8H2,1-3H3;2*1H/t3*10-,13+;;/m100../s1. The Hall–Kier alpha value is -2.84. The molecule has 6 rings (SSSR count). The highest BCUT2D eigenvalue weighted by molar-refractivity contribution is 6.03. The van der Waals surface area contributed by atoms with E-state index < -0.39 is 16.2 Å². The summed E-state index contributed by atoms with van der Waals surface area (Å²) in [5.41, 5.74) is -0.351. The molecule has 3 aliphatic heterocycles. The van der Waals surface area contributed by atoms with Crippen molar-refractivity contribution < 1.29 is 14.4 Å². The largest absolute Gasteiger partial charge is 0.316 e. The molecule has 3 fully saturated rings. The third-order valence-electron chi connectivity index (χ3n) is 12.6. The molecular weight excluding hydrogens is 671 g/mol. The van der Waals surface area contributed by atoms with E-state index in [9.17, 15) is 14.4 Å². The van der Waals surface area contributed by atoms with Crippen molar-refractivity contribution >= 4 is 42.2 Å². The van der Waals surface area contributed by atoms with Gasteiger partial charge in [-0.3, -0.25) is 0 Å². The van der Waals surface area contributed by atoms with Gasteiger partial charge in [-0.1, -0.05) is 80.5 Å². The van der Waals surface area contributed by atoms with Crippen LogP contribution in [-0.4, -0.2) is 56.6 Å². The lowest BCUT2D eigenvalue weighted by Gasteiger charge is -2.50. The molecule has 0 saturated carbocycles. The molecule has 0 amide bonds. The van der Waals surface area contributed by atoms with Gasteiger partial charge in [0, 0.05) is 35.9 Å². The molecule has 3 heterocycles. The van der Waals surface area contributed by atoms with Crippen molar-refractivity contribution in [3.8, 4) is 0 Å². The topological polar surface area (TPSA) is 100 Å². The minimum atomic E-state index is -0.397. The summed E-state index contributed by atoms with van der Waals surface area (Å²) >= 11 is 0. The van der Waals surface area contributed by atoms with Crippen LogP contribution in [0.5, 0.6) is 0 Å². The van der Waals surface area contributed by atoms with E-state index in [1.807, 2.05) is 59.8 Å². The number of allylic oxidation sites excluding steroid dienone is 3. The van der Waals surface area contributed by atoms with Crippen LogP contribution in [0.3, 0.4) is 0 Å². The van der Waals surface area contributed by atoms with Crippen molar-refractivity contribution in [2.75, 3.05) is 39.3 Å². The number of hydrogen-bond donors (Lipinski definition) is 3. The molecule has 6 aliphatic rings. The first-order chi connectivity index (χ1) is 22.2. The second kappa shape index (κ2) is 15.4. The summed E-state index contributed by atoms with van der Waals surface area (Å²) < 4.78 is 0. The molecule has 9 nitrogen and oxygen atoms in total. The smallest absolute Gasteiger partial charge is 0.226 e. The number of hydrogen-bond acceptors (Lipinski definition) is 6. The summed E-state index contributed by atoms with van der Waals surface area (Å²) in [6.07, 6.45) is 8.71. The normalized spacial score (nSPS) is 35.8. The van der Waals surface area contributed by atoms with Crippen molar-refractivity contribution in [3.63, 3.8) is 0 Å². The Morgan fingerprint density at radius 3 is 0.920 bits per heavy atom. The Balaban J connectivity index is 0.000000255. The molecule has 6 atom stereocenters. The Kier molecular flexibility index (Phi) is 13.4. The molecule has 3 N–H and O–H groups in total. The monoisotopic (exact) mass is 726 g/mol. The third-order valence-corrected chi connectivity index (χ3v) is 12.6. The van der Waals surface area contributed by atoms with E-state index in [1.54, 1.807) is 0 Å². The van der Waals surface area contributed by atoms with Crippen LogP contribution in [0.25, 0.3) is 14.5 Å². The third kappa shape index (κ3) is 7.53. The Labute approximate surface area is 312 Å². The van der Waals surface area contributed by atoms with Gasteiger partial charge in [0.15, 0.2) is 17.3 Å². The zero-order valence-electron chi connectivity index (χ0n) is 31.2. The molecule has 3 saturated heterocycles. The molecule has 0 bridgehead atoms. The quantitative estimate of drug-likeness (QED) is 0.235. The zero-order chi connectivity index (χ0) is 35.9. The van der Waals surface area contributed by atoms with Crippen molar-refractivity contribution in [2.24, 2.45) is 50.2 Å². The number of ketones is 3. The minimum absolute atomic E-state index is 0. The van der Waals surface area contributed by atoms with E-state index in [0.29, 0.717) is 34.8 Å². The lowest BCUT2D eigenvalue weighted by molar-refractivity contribution is -0.131. The van der Waals surface area contributed by atoms with Crippen molar-refractivity contribution in [3.05, 3.63) is 69.6 Å². The molecule has 50 heavy (non-hydrogen) atoms. The maximum atomic E-state index is 12.2. The highest BCUT2D eigenvalue weighted by Gasteiger charge is 2.54. The number of carbonyl (C=O) groups excluding carboxylic acids is 3. The number of nitrogens with zero attached hydrogens (tertiary/aromatic N) is 3. The minimum Gasteiger partial charge on any atom is -0.316 e. The summed E-state index contributed by atoms with van der Waals surface area (Å²) in [7, 11) is 0.